The van der Waals surface area contributed by atoms with Gasteiger partial charge in [0.1, 0.15) is 5.82 Å². The summed E-state index contributed by atoms with van der Waals surface area (Å²) in [6.45, 7) is 3.14. The van der Waals surface area contributed by atoms with Gasteiger partial charge < -0.3 is 20.4 Å². The number of ether oxygens (including phenoxy) is 1. The normalized spacial score (nSPS) is 26.7. The number of nitrogens with one attached hydrogen (secondary N) is 3. The Hall–Kier alpha value is -1.92. The average molecular weight is 356 g/mol. The van der Waals surface area contributed by atoms with Crippen LogP contribution in [0.3, 0.4) is 0 Å². The molecule has 0 spiro atoms. The summed E-state index contributed by atoms with van der Waals surface area (Å²) in [5.41, 5.74) is 2.17. The minimum atomic E-state index is 0.0209. The molecule has 1 saturated carbocycles. The second-order valence-corrected chi connectivity index (χ2v) is 7.56. The second-order valence-electron chi connectivity index (χ2n) is 7.56. The lowest BCUT2D eigenvalue weighted by Gasteiger charge is -2.28. The first-order valence-electron chi connectivity index (χ1n) is 9.81. The molecule has 4 rings (SSSR count). The van der Waals surface area contributed by atoms with Gasteiger partial charge in [-0.05, 0) is 43.7 Å². The number of fused-ring (bicyclic) bond motifs is 1. The molecule has 2 heterocycles. The predicted molar refractivity (Wildman–Crippen MR) is 101 cm³/mol. The maximum absolute atomic E-state index is 12.1. The van der Waals surface area contributed by atoms with Crippen LogP contribution in [0.4, 0.5) is 0 Å². The van der Waals surface area contributed by atoms with Crippen molar-refractivity contribution in [3.05, 3.63) is 30.1 Å². The van der Waals surface area contributed by atoms with Crippen LogP contribution in [0.15, 0.2) is 24.3 Å². The number of aromatic amines is 1. The third-order valence-electron chi connectivity index (χ3n) is 5.65. The standard InChI is InChI=1S/C20H28N4O2/c25-19(11-16-13-21-9-10-26-16)22-12-14-5-7-15(8-6-14)20-23-17-3-1-2-4-18(17)24-20/h1-4,14-16,21H,5-13H2,(H,22,25)(H,23,24)/t14?,15?,16-/m1/s1. The molecule has 1 saturated heterocycles. The Kier molecular flexibility index (Phi) is 5.51. The summed E-state index contributed by atoms with van der Waals surface area (Å²) >= 11 is 0. The van der Waals surface area contributed by atoms with Crippen molar-refractivity contribution in [1.29, 1.82) is 0 Å². The number of H-pyrrole nitrogens is 1. The van der Waals surface area contributed by atoms with Crippen LogP contribution in [-0.2, 0) is 9.53 Å². The predicted octanol–water partition coefficient (Wildman–Crippen LogP) is 2.33. The van der Waals surface area contributed by atoms with Crippen molar-refractivity contribution in [3.63, 3.8) is 0 Å². The van der Waals surface area contributed by atoms with E-state index in [4.69, 9.17) is 9.72 Å². The molecule has 3 N–H and O–H groups in total. The van der Waals surface area contributed by atoms with Crippen molar-refractivity contribution < 1.29 is 9.53 Å². The van der Waals surface area contributed by atoms with Gasteiger partial charge in [0.05, 0.1) is 30.2 Å². The molecule has 0 unspecified atom stereocenters. The van der Waals surface area contributed by atoms with Crippen LogP contribution in [0.2, 0.25) is 0 Å². The molecule has 2 fully saturated rings. The number of hydrogen-bond donors (Lipinski definition) is 3. The highest BCUT2D eigenvalue weighted by molar-refractivity contribution is 5.76. The third kappa shape index (κ3) is 4.24. The van der Waals surface area contributed by atoms with Gasteiger partial charge in [-0.1, -0.05) is 12.1 Å². The van der Waals surface area contributed by atoms with Crippen LogP contribution in [0, 0.1) is 5.92 Å². The highest BCUT2D eigenvalue weighted by atomic mass is 16.5. The van der Waals surface area contributed by atoms with Crippen LogP contribution >= 0.6 is 0 Å². The second kappa shape index (κ2) is 8.18. The number of hydrogen-bond acceptors (Lipinski definition) is 4. The van der Waals surface area contributed by atoms with E-state index in [1.54, 1.807) is 0 Å². The molecule has 6 heteroatoms. The molecule has 2 aromatic rings. The van der Waals surface area contributed by atoms with Gasteiger partial charge in [0.2, 0.25) is 5.91 Å². The number of aromatic nitrogens is 2. The summed E-state index contributed by atoms with van der Waals surface area (Å²) in [6.07, 6.45) is 5.04. The smallest absolute Gasteiger partial charge is 0.222 e. The molecule has 6 nitrogen and oxygen atoms in total. The quantitative estimate of drug-likeness (QED) is 0.768. The van der Waals surface area contributed by atoms with E-state index in [1.807, 2.05) is 12.1 Å². The van der Waals surface area contributed by atoms with E-state index in [0.717, 1.165) is 62.2 Å². The fourth-order valence-corrected chi connectivity index (χ4v) is 4.09. The molecular formula is C20H28N4O2. The number of amides is 1. The van der Waals surface area contributed by atoms with Crippen molar-refractivity contribution in [2.75, 3.05) is 26.2 Å². The van der Waals surface area contributed by atoms with Gasteiger partial charge in [0, 0.05) is 25.6 Å². The first-order valence-corrected chi connectivity index (χ1v) is 9.81. The first-order chi connectivity index (χ1) is 12.8. The van der Waals surface area contributed by atoms with Crippen molar-refractivity contribution >= 4 is 16.9 Å². The molecule has 26 heavy (non-hydrogen) atoms. The van der Waals surface area contributed by atoms with E-state index >= 15 is 0 Å². The van der Waals surface area contributed by atoms with E-state index < -0.39 is 0 Å². The van der Waals surface area contributed by atoms with Gasteiger partial charge in [0.15, 0.2) is 0 Å². The number of para-hydroxylation sites is 2. The lowest BCUT2D eigenvalue weighted by molar-refractivity contribution is -0.124. The Morgan fingerprint density at radius 3 is 2.85 bits per heavy atom. The number of morpholine rings is 1. The number of benzene rings is 1. The fraction of sp³-hybridized carbons (Fsp3) is 0.600. The molecule has 140 valence electrons. The molecule has 2 aliphatic rings. The van der Waals surface area contributed by atoms with Crippen molar-refractivity contribution in [3.8, 4) is 0 Å². The van der Waals surface area contributed by atoms with Gasteiger partial charge >= 0.3 is 0 Å². The summed E-state index contributed by atoms with van der Waals surface area (Å²) < 4.78 is 5.59. The number of carbonyl (C=O) groups is 1. The maximum Gasteiger partial charge on any atom is 0.222 e. The van der Waals surface area contributed by atoms with Crippen LogP contribution in [0.1, 0.15) is 43.8 Å². The number of nitrogens with zero attached hydrogens (tertiary/aromatic N) is 1. The SMILES string of the molecule is O=C(C[C@@H]1CNCCO1)NCC1CCC(c2nc3ccccc3[nH]2)CC1. The highest BCUT2D eigenvalue weighted by Crippen LogP contribution is 2.35. The summed E-state index contributed by atoms with van der Waals surface area (Å²) in [7, 11) is 0. The number of rotatable bonds is 5. The molecule has 1 aliphatic heterocycles. The van der Waals surface area contributed by atoms with Gasteiger partial charge in [0.25, 0.3) is 0 Å². The topological polar surface area (TPSA) is 79.0 Å². The lowest BCUT2D eigenvalue weighted by Crippen LogP contribution is -2.42. The van der Waals surface area contributed by atoms with Crippen molar-refractivity contribution in [2.45, 2.75) is 44.1 Å². The summed E-state index contributed by atoms with van der Waals surface area (Å²) in [5.74, 6) is 2.31. The molecule has 1 aromatic heterocycles. The molecule has 0 bridgehead atoms. The van der Waals surface area contributed by atoms with Crippen LogP contribution in [0.5, 0.6) is 0 Å². The zero-order chi connectivity index (χ0) is 17.8. The zero-order valence-electron chi connectivity index (χ0n) is 15.2. The van der Waals surface area contributed by atoms with E-state index in [1.165, 1.54) is 0 Å². The van der Waals surface area contributed by atoms with Crippen LogP contribution in [-0.4, -0.2) is 48.2 Å². The van der Waals surface area contributed by atoms with E-state index in [9.17, 15) is 4.79 Å². The third-order valence-corrected chi connectivity index (χ3v) is 5.65. The Bertz CT molecular complexity index is 697. The summed E-state index contributed by atoms with van der Waals surface area (Å²) in [4.78, 5) is 20.3. The van der Waals surface area contributed by atoms with Gasteiger partial charge in [-0.2, -0.15) is 0 Å². The molecule has 1 aliphatic carbocycles. The average Bonchev–Trinajstić information content (AvgIpc) is 3.12. The Labute approximate surface area is 154 Å². The molecular weight excluding hydrogens is 328 g/mol. The lowest BCUT2D eigenvalue weighted by atomic mass is 9.81. The largest absolute Gasteiger partial charge is 0.375 e. The fourth-order valence-electron chi connectivity index (χ4n) is 4.09. The monoisotopic (exact) mass is 356 g/mol. The van der Waals surface area contributed by atoms with Gasteiger partial charge in [-0.25, -0.2) is 4.98 Å². The minimum absolute atomic E-state index is 0.0209. The van der Waals surface area contributed by atoms with Crippen molar-refractivity contribution in [1.82, 2.24) is 20.6 Å². The maximum atomic E-state index is 12.1. The Morgan fingerprint density at radius 2 is 2.08 bits per heavy atom. The van der Waals surface area contributed by atoms with Crippen molar-refractivity contribution in [2.24, 2.45) is 5.92 Å². The van der Waals surface area contributed by atoms with Crippen LogP contribution in [0.25, 0.3) is 11.0 Å². The molecule has 0 radical (unpaired) electrons. The van der Waals surface area contributed by atoms with Gasteiger partial charge in [-0.3, -0.25) is 4.79 Å². The highest BCUT2D eigenvalue weighted by Gasteiger charge is 2.25. The Morgan fingerprint density at radius 1 is 1.23 bits per heavy atom. The van der Waals surface area contributed by atoms with E-state index in [0.29, 0.717) is 24.9 Å². The zero-order valence-corrected chi connectivity index (χ0v) is 15.2. The van der Waals surface area contributed by atoms with Gasteiger partial charge in [-0.15, -0.1) is 0 Å². The van der Waals surface area contributed by atoms with E-state index in [-0.39, 0.29) is 12.0 Å². The summed E-state index contributed by atoms with van der Waals surface area (Å²) in [6, 6.07) is 8.21. The first kappa shape index (κ1) is 17.5. The number of imidazole rings is 1. The Balaban J connectivity index is 1.21. The molecule has 1 aromatic carbocycles. The van der Waals surface area contributed by atoms with E-state index in [2.05, 4.69) is 27.8 Å². The van der Waals surface area contributed by atoms with Crippen LogP contribution < -0.4 is 10.6 Å². The minimum Gasteiger partial charge on any atom is -0.375 e. The molecule has 1 amide bonds. The molecule has 1 atom stereocenters. The number of carbonyl (C=O) groups excluding carboxylic acids is 1. The summed E-state index contributed by atoms with van der Waals surface area (Å²) in [5, 5.41) is 6.37.